The van der Waals surface area contributed by atoms with Crippen molar-refractivity contribution in [1.82, 2.24) is 0 Å². The van der Waals surface area contributed by atoms with Gasteiger partial charge in [-0.1, -0.05) is 22.4 Å². The van der Waals surface area contributed by atoms with E-state index in [0.29, 0.717) is 11.4 Å². The number of carbonyl (C=O) groups excluding carboxylic acids is 2. The number of thiophene rings is 2. The topological polar surface area (TPSA) is 77.3 Å². The summed E-state index contributed by atoms with van der Waals surface area (Å²) < 4.78 is 0. The van der Waals surface area contributed by atoms with E-state index in [9.17, 15) is 9.59 Å². The molecule has 0 N–H and O–H groups in total. The molecule has 0 aliphatic rings. The molecule has 0 fully saturated rings. The Morgan fingerprint density at radius 1 is 0.714 bits per heavy atom. The second-order valence-electron chi connectivity index (χ2n) is 5.64. The molecule has 0 atom stereocenters. The fraction of sp³-hybridized carbons (Fsp3) is 0.100. The van der Waals surface area contributed by atoms with Crippen LogP contribution in [0.25, 0.3) is 0 Å². The number of benzene rings is 1. The molecule has 3 aromatic rings. The molecule has 0 saturated heterocycles. The summed E-state index contributed by atoms with van der Waals surface area (Å²) in [6.45, 7) is 3.52. The number of rotatable bonds is 6. The Morgan fingerprint density at radius 2 is 1.11 bits per heavy atom. The van der Waals surface area contributed by atoms with Gasteiger partial charge in [-0.3, -0.25) is 0 Å². The van der Waals surface area contributed by atoms with Crippen molar-refractivity contribution in [2.24, 2.45) is 10.3 Å². The molecule has 0 unspecified atom stereocenters. The van der Waals surface area contributed by atoms with Crippen LogP contribution >= 0.6 is 22.7 Å². The average molecular weight is 412 g/mol. The molecule has 0 bridgehead atoms. The van der Waals surface area contributed by atoms with Crippen molar-refractivity contribution in [1.29, 1.82) is 0 Å². The molecule has 0 amide bonds. The fourth-order valence-electron chi connectivity index (χ4n) is 2.13. The van der Waals surface area contributed by atoms with E-state index in [1.807, 2.05) is 35.0 Å². The minimum absolute atomic E-state index is 0.276. The largest absolute Gasteiger partial charge is 0.365 e. The maximum Gasteiger partial charge on any atom is 0.365 e. The van der Waals surface area contributed by atoms with E-state index in [1.54, 1.807) is 13.8 Å². The highest BCUT2D eigenvalue weighted by atomic mass is 32.1. The summed E-state index contributed by atoms with van der Waals surface area (Å²) in [6.07, 6.45) is 0. The molecule has 0 saturated carbocycles. The van der Waals surface area contributed by atoms with Crippen molar-refractivity contribution >= 4 is 46.0 Å². The van der Waals surface area contributed by atoms with Gasteiger partial charge in [-0.2, -0.15) is 0 Å². The summed E-state index contributed by atoms with van der Waals surface area (Å²) in [5, 5.41) is 11.5. The number of carbonyl (C=O) groups is 2. The summed E-state index contributed by atoms with van der Waals surface area (Å²) in [4.78, 5) is 35.9. The molecular weight excluding hydrogens is 396 g/mol. The van der Waals surface area contributed by atoms with Gasteiger partial charge in [0.1, 0.15) is 0 Å². The number of nitrogens with zero attached hydrogens (tertiary/aromatic N) is 2. The van der Waals surface area contributed by atoms with E-state index in [2.05, 4.69) is 10.3 Å². The van der Waals surface area contributed by atoms with E-state index < -0.39 is 11.9 Å². The van der Waals surface area contributed by atoms with Crippen LogP contribution in [0.5, 0.6) is 0 Å². The van der Waals surface area contributed by atoms with Gasteiger partial charge in [-0.15, -0.1) is 22.7 Å². The Kier molecular flexibility index (Phi) is 6.46. The Labute approximate surface area is 169 Å². The van der Waals surface area contributed by atoms with Gasteiger partial charge in [0.2, 0.25) is 0 Å². The van der Waals surface area contributed by atoms with Crippen molar-refractivity contribution in [2.75, 3.05) is 0 Å². The van der Waals surface area contributed by atoms with Gasteiger partial charge in [0, 0.05) is 0 Å². The van der Waals surface area contributed by atoms with Crippen LogP contribution in [0.2, 0.25) is 0 Å². The quantitative estimate of drug-likeness (QED) is 0.325. The van der Waals surface area contributed by atoms with Gasteiger partial charge in [0.25, 0.3) is 0 Å². The molecule has 2 aromatic heterocycles. The molecule has 0 spiro atoms. The Balaban J connectivity index is 1.59. The summed E-state index contributed by atoms with van der Waals surface area (Å²) in [5.41, 5.74) is 1.78. The lowest BCUT2D eigenvalue weighted by Gasteiger charge is -2.02. The smallest absolute Gasteiger partial charge is 0.313 e. The number of oxime groups is 2. The van der Waals surface area contributed by atoms with Gasteiger partial charge in [0.15, 0.2) is 0 Å². The number of hydrogen-bond acceptors (Lipinski definition) is 8. The molecule has 142 valence electrons. The predicted molar refractivity (Wildman–Crippen MR) is 110 cm³/mol. The van der Waals surface area contributed by atoms with Crippen LogP contribution < -0.4 is 0 Å². The first-order chi connectivity index (χ1) is 13.5. The van der Waals surface area contributed by atoms with Crippen molar-refractivity contribution in [3.63, 3.8) is 0 Å². The lowest BCUT2D eigenvalue weighted by Crippen LogP contribution is -2.06. The van der Waals surface area contributed by atoms with Gasteiger partial charge in [-0.25, -0.2) is 9.59 Å². The van der Waals surface area contributed by atoms with Gasteiger partial charge < -0.3 is 9.68 Å². The zero-order chi connectivity index (χ0) is 19.9. The number of hydrogen-bond donors (Lipinski definition) is 0. The summed E-state index contributed by atoms with van der Waals surface area (Å²) in [6, 6.07) is 13.5. The van der Waals surface area contributed by atoms with Crippen LogP contribution in [0.3, 0.4) is 0 Å². The third-order valence-corrected chi connectivity index (χ3v) is 5.60. The van der Waals surface area contributed by atoms with E-state index >= 15 is 0 Å². The molecule has 8 heteroatoms. The normalized spacial score (nSPS) is 11.9. The van der Waals surface area contributed by atoms with Gasteiger partial charge in [0.05, 0.1) is 32.3 Å². The minimum atomic E-state index is -0.609. The SMILES string of the molecule is CC(=NOC(=O)c1ccc(C(=O)ON=C(C)c2cccs2)cc1)c1cccs1. The van der Waals surface area contributed by atoms with Crippen LogP contribution in [0.1, 0.15) is 44.3 Å². The van der Waals surface area contributed by atoms with Crippen LogP contribution in [0.15, 0.2) is 69.6 Å². The highest BCUT2D eigenvalue weighted by molar-refractivity contribution is 7.12. The third-order valence-electron chi connectivity index (χ3n) is 3.64. The fourth-order valence-corrected chi connectivity index (χ4v) is 3.46. The molecule has 0 radical (unpaired) electrons. The minimum Gasteiger partial charge on any atom is -0.313 e. The molecular formula is C20H16N2O4S2. The molecule has 6 nitrogen and oxygen atoms in total. The molecule has 28 heavy (non-hydrogen) atoms. The van der Waals surface area contributed by atoms with Gasteiger partial charge >= 0.3 is 11.9 Å². The first kappa shape index (κ1) is 19.7. The van der Waals surface area contributed by atoms with Crippen molar-refractivity contribution < 1.29 is 19.3 Å². The van der Waals surface area contributed by atoms with E-state index in [4.69, 9.17) is 9.68 Å². The van der Waals surface area contributed by atoms with Crippen LogP contribution in [0, 0.1) is 0 Å². The molecule has 0 aliphatic heterocycles. The Bertz CT molecular complexity index is 922. The molecule has 0 aliphatic carbocycles. The Morgan fingerprint density at radius 3 is 1.43 bits per heavy atom. The zero-order valence-electron chi connectivity index (χ0n) is 15.1. The zero-order valence-corrected chi connectivity index (χ0v) is 16.8. The maximum atomic E-state index is 12.1. The standard InChI is InChI=1S/C20H16N2O4S2/c1-13(17-5-3-11-27-17)21-25-19(23)15-7-9-16(10-8-15)20(24)26-22-14(2)18-6-4-12-28-18/h3-12H,1-2H3. The monoisotopic (exact) mass is 412 g/mol. The molecule has 2 heterocycles. The second kappa shape index (κ2) is 9.20. The molecule has 3 rings (SSSR count). The van der Waals surface area contributed by atoms with Crippen LogP contribution in [0.4, 0.5) is 0 Å². The maximum absolute atomic E-state index is 12.1. The van der Waals surface area contributed by atoms with Crippen molar-refractivity contribution in [2.45, 2.75) is 13.8 Å². The van der Waals surface area contributed by atoms with Gasteiger partial charge in [-0.05, 0) is 61.0 Å². The highest BCUT2D eigenvalue weighted by Crippen LogP contribution is 2.13. The Hall–Kier alpha value is -3.10. The summed E-state index contributed by atoms with van der Waals surface area (Å²) in [5.74, 6) is -1.22. The predicted octanol–water partition coefficient (Wildman–Crippen LogP) is 4.97. The average Bonchev–Trinajstić information content (AvgIpc) is 3.44. The summed E-state index contributed by atoms with van der Waals surface area (Å²) >= 11 is 3.01. The first-order valence-electron chi connectivity index (χ1n) is 8.24. The van der Waals surface area contributed by atoms with E-state index in [1.165, 1.54) is 46.9 Å². The lowest BCUT2D eigenvalue weighted by molar-refractivity contribution is 0.0502. The van der Waals surface area contributed by atoms with Crippen molar-refractivity contribution in [3.05, 3.63) is 80.2 Å². The van der Waals surface area contributed by atoms with E-state index in [0.717, 1.165) is 9.75 Å². The first-order valence-corrected chi connectivity index (χ1v) is 10.00. The summed E-state index contributed by atoms with van der Waals surface area (Å²) in [7, 11) is 0. The third kappa shape index (κ3) is 4.99. The highest BCUT2D eigenvalue weighted by Gasteiger charge is 2.12. The van der Waals surface area contributed by atoms with Crippen molar-refractivity contribution in [3.8, 4) is 0 Å². The van der Waals surface area contributed by atoms with Crippen LogP contribution in [-0.4, -0.2) is 23.4 Å². The lowest BCUT2D eigenvalue weighted by atomic mass is 10.1. The second-order valence-corrected chi connectivity index (χ2v) is 7.54. The molecule has 1 aromatic carbocycles. The van der Waals surface area contributed by atoms with E-state index in [-0.39, 0.29) is 11.1 Å². The van der Waals surface area contributed by atoms with Crippen LogP contribution in [-0.2, 0) is 9.68 Å².